The highest BCUT2D eigenvalue weighted by Gasteiger charge is 2.25. The van der Waals surface area contributed by atoms with Crippen LogP contribution >= 0.6 is 0 Å². The standard InChI is InChI=1S/C46H37FN4/c1-45(2,3)30-16-19-41-36(23-30)33-11-7-9-13-39(33)50(41)43-22-29(27-49)35(32-18-15-28(26-48)21-38(32)47)25-44(43)51-40-14-10-8-12-34(40)37-24-31(46(4,5)6)17-20-42(37)51/h7-25H,1-6H3. The second-order valence-corrected chi connectivity index (χ2v) is 15.5. The number of benzene rings is 6. The summed E-state index contributed by atoms with van der Waals surface area (Å²) < 4.78 is 20.3. The summed E-state index contributed by atoms with van der Waals surface area (Å²) in [5.74, 6) is -0.548. The Balaban J connectivity index is 1.55. The Morgan fingerprint density at radius 1 is 0.490 bits per heavy atom. The topological polar surface area (TPSA) is 57.4 Å². The smallest absolute Gasteiger partial charge is 0.132 e. The highest BCUT2D eigenvalue weighted by atomic mass is 19.1. The number of rotatable bonds is 3. The summed E-state index contributed by atoms with van der Waals surface area (Å²) in [4.78, 5) is 0. The molecule has 0 aliphatic heterocycles. The van der Waals surface area contributed by atoms with Crippen LogP contribution in [-0.2, 0) is 10.8 Å². The minimum atomic E-state index is -0.548. The average molecular weight is 665 g/mol. The Bertz CT molecular complexity index is 2800. The van der Waals surface area contributed by atoms with E-state index in [-0.39, 0.29) is 22.0 Å². The number of fused-ring (bicyclic) bond motifs is 6. The molecule has 0 N–H and O–H groups in total. The first kappa shape index (κ1) is 32.1. The average Bonchev–Trinajstić information content (AvgIpc) is 3.62. The molecule has 2 heterocycles. The van der Waals surface area contributed by atoms with Crippen molar-refractivity contribution in [1.29, 1.82) is 10.5 Å². The van der Waals surface area contributed by atoms with Gasteiger partial charge in [-0.1, -0.05) is 96.1 Å². The van der Waals surface area contributed by atoms with Gasteiger partial charge in [-0.05, 0) is 82.6 Å². The first-order chi connectivity index (χ1) is 24.4. The SMILES string of the molecule is CC(C)(C)c1ccc2c(c1)c1ccccc1n2-c1cc(C#N)c(-c2ccc(C#N)cc2F)cc1-n1c2ccccc2c2cc(C(C)(C)C)ccc21. The van der Waals surface area contributed by atoms with Crippen LogP contribution < -0.4 is 0 Å². The van der Waals surface area contributed by atoms with Crippen molar-refractivity contribution in [1.82, 2.24) is 9.13 Å². The van der Waals surface area contributed by atoms with Gasteiger partial charge in [0.1, 0.15) is 5.82 Å². The quantitative estimate of drug-likeness (QED) is 0.189. The number of nitriles is 2. The first-order valence-corrected chi connectivity index (χ1v) is 17.3. The van der Waals surface area contributed by atoms with Crippen LogP contribution in [0.1, 0.15) is 63.8 Å². The summed E-state index contributed by atoms with van der Waals surface area (Å²) in [6, 6.07) is 42.8. The van der Waals surface area contributed by atoms with Gasteiger partial charge >= 0.3 is 0 Å². The van der Waals surface area contributed by atoms with E-state index in [9.17, 15) is 10.5 Å². The van der Waals surface area contributed by atoms with Crippen molar-refractivity contribution >= 4 is 43.6 Å². The van der Waals surface area contributed by atoms with E-state index < -0.39 is 5.82 Å². The van der Waals surface area contributed by atoms with E-state index in [0.29, 0.717) is 11.1 Å². The second kappa shape index (κ2) is 11.4. The predicted molar refractivity (Wildman–Crippen MR) is 207 cm³/mol. The van der Waals surface area contributed by atoms with Crippen LogP contribution in [0.4, 0.5) is 4.39 Å². The summed E-state index contributed by atoms with van der Waals surface area (Å²) in [5.41, 5.74) is 9.33. The number of nitrogens with zero attached hydrogens (tertiary/aromatic N) is 4. The van der Waals surface area contributed by atoms with Crippen molar-refractivity contribution in [3.05, 3.63) is 143 Å². The molecule has 0 atom stereocenters. The molecular weight excluding hydrogens is 628 g/mol. The van der Waals surface area contributed by atoms with Crippen LogP contribution in [0.15, 0.2) is 115 Å². The van der Waals surface area contributed by atoms with E-state index in [1.807, 2.05) is 30.3 Å². The third-order valence-corrected chi connectivity index (χ3v) is 10.2. The summed E-state index contributed by atoms with van der Waals surface area (Å²) in [7, 11) is 0. The van der Waals surface area contributed by atoms with Crippen molar-refractivity contribution in [2.24, 2.45) is 0 Å². The Morgan fingerprint density at radius 3 is 1.45 bits per heavy atom. The molecule has 0 saturated carbocycles. The second-order valence-electron chi connectivity index (χ2n) is 15.5. The van der Waals surface area contributed by atoms with Gasteiger partial charge in [0, 0.05) is 32.7 Å². The van der Waals surface area contributed by atoms with Crippen LogP contribution in [-0.4, -0.2) is 9.13 Å². The van der Waals surface area contributed by atoms with Gasteiger partial charge in [-0.2, -0.15) is 10.5 Å². The molecular formula is C46H37FN4. The van der Waals surface area contributed by atoms with E-state index in [0.717, 1.165) is 55.0 Å². The number of hydrogen-bond acceptors (Lipinski definition) is 2. The Hall–Kier alpha value is -6.17. The fourth-order valence-electron chi connectivity index (χ4n) is 7.45. The highest BCUT2D eigenvalue weighted by molar-refractivity contribution is 6.12. The van der Waals surface area contributed by atoms with E-state index in [1.54, 1.807) is 12.1 Å². The molecule has 0 aliphatic rings. The lowest BCUT2D eigenvalue weighted by Gasteiger charge is -2.21. The van der Waals surface area contributed by atoms with Gasteiger partial charge in [0.25, 0.3) is 0 Å². The van der Waals surface area contributed by atoms with Gasteiger partial charge in [0.2, 0.25) is 0 Å². The molecule has 0 saturated heterocycles. The maximum atomic E-state index is 15.8. The van der Waals surface area contributed by atoms with Crippen LogP contribution in [0, 0.1) is 28.5 Å². The zero-order valence-electron chi connectivity index (χ0n) is 29.6. The molecule has 0 spiro atoms. The molecule has 8 rings (SSSR count). The van der Waals surface area contributed by atoms with Crippen LogP contribution in [0.2, 0.25) is 0 Å². The van der Waals surface area contributed by atoms with Crippen LogP contribution in [0.5, 0.6) is 0 Å². The molecule has 6 aromatic carbocycles. The van der Waals surface area contributed by atoms with E-state index in [4.69, 9.17) is 0 Å². The van der Waals surface area contributed by atoms with Crippen LogP contribution in [0.25, 0.3) is 66.1 Å². The monoisotopic (exact) mass is 664 g/mol. The van der Waals surface area contributed by atoms with E-state index in [1.165, 1.54) is 17.2 Å². The maximum absolute atomic E-state index is 15.8. The minimum Gasteiger partial charge on any atom is -0.307 e. The Morgan fingerprint density at radius 2 is 0.980 bits per heavy atom. The van der Waals surface area contributed by atoms with Gasteiger partial charge in [0.15, 0.2) is 0 Å². The first-order valence-electron chi connectivity index (χ1n) is 17.3. The van der Waals surface area contributed by atoms with E-state index in [2.05, 4.69) is 130 Å². The summed E-state index contributed by atoms with van der Waals surface area (Å²) in [5, 5.41) is 24.6. The molecule has 0 amide bonds. The third kappa shape index (κ3) is 5.08. The molecule has 0 radical (unpaired) electrons. The summed E-state index contributed by atoms with van der Waals surface area (Å²) in [6.07, 6.45) is 0. The minimum absolute atomic E-state index is 0.0434. The normalized spacial score (nSPS) is 12.2. The van der Waals surface area contributed by atoms with E-state index >= 15 is 4.39 Å². The molecule has 0 fully saturated rings. The lowest BCUT2D eigenvalue weighted by molar-refractivity contribution is 0.591. The number of aromatic nitrogens is 2. The zero-order chi connectivity index (χ0) is 35.8. The number of halogens is 1. The Kier molecular flexibility index (Phi) is 7.19. The number of para-hydroxylation sites is 2. The molecule has 2 aromatic heterocycles. The van der Waals surface area contributed by atoms with Crippen LogP contribution in [0.3, 0.4) is 0 Å². The molecule has 0 aliphatic carbocycles. The Labute approximate surface area is 297 Å². The lowest BCUT2D eigenvalue weighted by Crippen LogP contribution is -2.11. The van der Waals surface area contributed by atoms with Gasteiger partial charge in [-0.25, -0.2) is 4.39 Å². The number of hydrogen-bond donors (Lipinski definition) is 0. The molecule has 4 nitrogen and oxygen atoms in total. The van der Waals surface area contributed by atoms with Crippen molar-refractivity contribution in [3.63, 3.8) is 0 Å². The lowest BCUT2D eigenvalue weighted by atomic mass is 9.86. The highest BCUT2D eigenvalue weighted by Crippen LogP contribution is 2.42. The zero-order valence-corrected chi connectivity index (χ0v) is 29.6. The molecule has 0 bridgehead atoms. The maximum Gasteiger partial charge on any atom is 0.132 e. The predicted octanol–water partition coefficient (Wildman–Crippen LogP) is 12.0. The summed E-state index contributed by atoms with van der Waals surface area (Å²) in [6.45, 7) is 13.3. The van der Waals surface area contributed by atoms with Gasteiger partial charge in [0.05, 0.1) is 56.7 Å². The van der Waals surface area contributed by atoms with Gasteiger partial charge in [-0.3, -0.25) is 0 Å². The molecule has 248 valence electrons. The van der Waals surface area contributed by atoms with Crippen molar-refractivity contribution < 1.29 is 4.39 Å². The largest absolute Gasteiger partial charge is 0.307 e. The molecule has 5 heteroatoms. The van der Waals surface area contributed by atoms with Crippen molar-refractivity contribution in [2.75, 3.05) is 0 Å². The third-order valence-electron chi connectivity index (χ3n) is 10.2. The van der Waals surface area contributed by atoms with Crippen molar-refractivity contribution in [3.8, 4) is 34.6 Å². The van der Waals surface area contributed by atoms with Crippen molar-refractivity contribution in [2.45, 2.75) is 52.4 Å². The molecule has 8 aromatic rings. The van der Waals surface area contributed by atoms with Gasteiger partial charge in [-0.15, -0.1) is 0 Å². The fourth-order valence-corrected chi connectivity index (χ4v) is 7.45. The van der Waals surface area contributed by atoms with Gasteiger partial charge < -0.3 is 9.13 Å². The fraction of sp³-hybridized carbons (Fsp3) is 0.174. The molecule has 51 heavy (non-hydrogen) atoms. The summed E-state index contributed by atoms with van der Waals surface area (Å²) >= 11 is 0. The molecule has 0 unspecified atom stereocenters.